The van der Waals surface area contributed by atoms with Crippen molar-refractivity contribution in [1.29, 1.82) is 0 Å². The molecule has 0 bridgehead atoms. The number of nitrogens with one attached hydrogen (secondary N) is 1. The van der Waals surface area contributed by atoms with E-state index in [1.54, 1.807) is 0 Å². The maximum absolute atomic E-state index is 5.85. The number of nitrogens with zero attached hydrogens (tertiary/aromatic N) is 1. The molecule has 2 saturated heterocycles. The van der Waals surface area contributed by atoms with Gasteiger partial charge in [0.2, 0.25) is 0 Å². The smallest absolute Gasteiger partial charge is 0.127 e. The van der Waals surface area contributed by atoms with Crippen molar-refractivity contribution >= 4 is 15.9 Å². The molecule has 2 atom stereocenters. The van der Waals surface area contributed by atoms with Gasteiger partial charge in [-0.1, -0.05) is 15.9 Å². The average molecular weight is 337 g/mol. The lowest BCUT2D eigenvalue weighted by Gasteiger charge is -2.34. The molecule has 1 aromatic carbocycles. The van der Waals surface area contributed by atoms with Gasteiger partial charge in [0.25, 0.3) is 0 Å². The average Bonchev–Trinajstić information content (AvgIpc) is 3.05. The van der Waals surface area contributed by atoms with E-state index in [0.717, 1.165) is 37.2 Å². The number of likely N-dealkylation sites (tertiary alicyclic amines) is 1. The van der Waals surface area contributed by atoms with Crippen molar-refractivity contribution in [3.05, 3.63) is 27.7 Å². The third-order valence-electron chi connectivity index (χ3n) is 5.01. The minimum absolute atomic E-state index is 0.841. The molecule has 3 aliphatic rings. The molecule has 1 N–H and O–H groups in total. The number of hydrogen-bond acceptors (Lipinski definition) is 3. The highest BCUT2D eigenvalue weighted by Gasteiger charge is 2.33. The molecule has 0 saturated carbocycles. The van der Waals surface area contributed by atoms with E-state index in [1.807, 2.05) is 0 Å². The van der Waals surface area contributed by atoms with Crippen LogP contribution in [0.4, 0.5) is 0 Å². The summed E-state index contributed by atoms with van der Waals surface area (Å²) in [5, 5.41) is 3.54. The topological polar surface area (TPSA) is 24.5 Å². The van der Waals surface area contributed by atoms with Crippen LogP contribution in [0.3, 0.4) is 0 Å². The van der Waals surface area contributed by atoms with Crippen LogP contribution in [0.5, 0.6) is 5.75 Å². The zero-order valence-corrected chi connectivity index (χ0v) is 13.3. The lowest BCUT2D eigenvalue weighted by atomic mass is 9.88. The lowest BCUT2D eigenvalue weighted by molar-refractivity contribution is 0.141. The van der Waals surface area contributed by atoms with Gasteiger partial charge in [-0.05, 0) is 55.6 Å². The molecule has 3 aliphatic heterocycles. The second kappa shape index (κ2) is 5.32. The molecule has 0 amide bonds. The van der Waals surface area contributed by atoms with Crippen LogP contribution in [0.15, 0.2) is 16.6 Å². The summed E-state index contributed by atoms with van der Waals surface area (Å²) < 4.78 is 7.04. The monoisotopic (exact) mass is 336 g/mol. The third kappa shape index (κ3) is 2.38. The molecular formula is C16H21BrN2O. The second-order valence-corrected chi connectivity index (χ2v) is 7.27. The molecule has 3 heterocycles. The standard InChI is InChI=1S/C16H21BrN2O/c17-15-5-11-2-4-20-16(11)13(6-15)9-19-3-1-12-7-18-8-14(12)10-19/h5-6,12,14,18H,1-4,7-10H2. The molecule has 4 heteroatoms. The van der Waals surface area contributed by atoms with E-state index in [0.29, 0.717) is 0 Å². The minimum Gasteiger partial charge on any atom is -0.493 e. The molecule has 4 rings (SSSR count). The van der Waals surface area contributed by atoms with E-state index in [1.165, 1.54) is 48.2 Å². The predicted molar refractivity (Wildman–Crippen MR) is 83.1 cm³/mol. The zero-order valence-electron chi connectivity index (χ0n) is 11.7. The Hall–Kier alpha value is -0.580. The fourth-order valence-corrected chi connectivity index (χ4v) is 4.51. The predicted octanol–water partition coefficient (Wildman–Crippen LogP) is 2.43. The number of hydrogen-bond donors (Lipinski definition) is 1. The molecule has 0 radical (unpaired) electrons. The van der Waals surface area contributed by atoms with E-state index in [2.05, 4.69) is 38.3 Å². The summed E-state index contributed by atoms with van der Waals surface area (Å²) in [6.07, 6.45) is 2.39. The Morgan fingerprint density at radius 3 is 3.15 bits per heavy atom. The van der Waals surface area contributed by atoms with Gasteiger partial charge in [0, 0.05) is 29.5 Å². The summed E-state index contributed by atoms with van der Waals surface area (Å²) in [5.74, 6) is 2.92. The van der Waals surface area contributed by atoms with Gasteiger partial charge in [-0.3, -0.25) is 4.90 Å². The van der Waals surface area contributed by atoms with E-state index in [-0.39, 0.29) is 0 Å². The van der Waals surface area contributed by atoms with Crippen molar-refractivity contribution in [2.45, 2.75) is 19.4 Å². The van der Waals surface area contributed by atoms with Gasteiger partial charge in [-0.2, -0.15) is 0 Å². The van der Waals surface area contributed by atoms with Crippen molar-refractivity contribution in [2.75, 3.05) is 32.8 Å². The second-order valence-electron chi connectivity index (χ2n) is 6.35. The SMILES string of the molecule is Brc1cc2c(c(CN3CCC4CNCC4C3)c1)OCC2. The summed E-state index contributed by atoms with van der Waals surface area (Å²) >= 11 is 3.64. The van der Waals surface area contributed by atoms with Crippen LogP contribution in [0.1, 0.15) is 17.5 Å². The first-order chi connectivity index (χ1) is 9.79. The number of piperidine rings is 1. The quantitative estimate of drug-likeness (QED) is 0.897. The molecule has 20 heavy (non-hydrogen) atoms. The summed E-state index contributed by atoms with van der Waals surface area (Å²) in [6.45, 7) is 6.77. The van der Waals surface area contributed by atoms with Crippen molar-refractivity contribution in [3.63, 3.8) is 0 Å². The van der Waals surface area contributed by atoms with Crippen LogP contribution in [0.25, 0.3) is 0 Å². The van der Waals surface area contributed by atoms with Crippen molar-refractivity contribution in [3.8, 4) is 5.75 Å². The lowest BCUT2D eigenvalue weighted by Crippen LogP contribution is -2.39. The Balaban J connectivity index is 1.52. The Kier molecular flexibility index (Phi) is 3.49. The molecule has 108 valence electrons. The normalized spacial score (nSPS) is 29.1. The van der Waals surface area contributed by atoms with Gasteiger partial charge < -0.3 is 10.1 Å². The third-order valence-corrected chi connectivity index (χ3v) is 5.47. The van der Waals surface area contributed by atoms with Crippen LogP contribution in [0.2, 0.25) is 0 Å². The molecule has 0 aromatic heterocycles. The van der Waals surface area contributed by atoms with Gasteiger partial charge >= 0.3 is 0 Å². The van der Waals surface area contributed by atoms with Crippen LogP contribution < -0.4 is 10.1 Å². The molecule has 2 fully saturated rings. The fraction of sp³-hybridized carbons (Fsp3) is 0.625. The first-order valence-electron chi connectivity index (χ1n) is 7.67. The van der Waals surface area contributed by atoms with Crippen molar-refractivity contribution in [1.82, 2.24) is 10.2 Å². The molecule has 0 spiro atoms. The van der Waals surface area contributed by atoms with Crippen LogP contribution >= 0.6 is 15.9 Å². The number of halogens is 1. The highest BCUT2D eigenvalue weighted by atomic mass is 79.9. The van der Waals surface area contributed by atoms with Gasteiger partial charge in [-0.25, -0.2) is 0 Å². The van der Waals surface area contributed by atoms with Gasteiger partial charge in [0.1, 0.15) is 5.75 Å². The molecule has 2 unspecified atom stereocenters. The fourth-order valence-electron chi connectivity index (χ4n) is 3.96. The van der Waals surface area contributed by atoms with Crippen molar-refractivity contribution < 1.29 is 4.74 Å². The van der Waals surface area contributed by atoms with Gasteiger partial charge in [0.05, 0.1) is 6.61 Å². The number of rotatable bonds is 2. The molecule has 1 aromatic rings. The molecular weight excluding hydrogens is 316 g/mol. The minimum atomic E-state index is 0.841. The number of benzene rings is 1. The zero-order chi connectivity index (χ0) is 13.5. The largest absolute Gasteiger partial charge is 0.493 e. The van der Waals surface area contributed by atoms with E-state index in [4.69, 9.17) is 4.74 Å². The van der Waals surface area contributed by atoms with E-state index >= 15 is 0 Å². The summed E-state index contributed by atoms with van der Waals surface area (Å²) in [7, 11) is 0. The first-order valence-corrected chi connectivity index (χ1v) is 8.46. The van der Waals surface area contributed by atoms with Crippen LogP contribution in [-0.4, -0.2) is 37.7 Å². The van der Waals surface area contributed by atoms with Crippen LogP contribution in [0, 0.1) is 11.8 Å². The summed E-state index contributed by atoms with van der Waals surface area (Å²) in [6, 6.07) is 4.45. The van der Waals surface area contributed by atoms with Crippen molar-refractivity contribution in [2.24, 2.45) is 11.8 Å². The Labute approximate surface area is 128 Å². The maximum Gasteiger partial charge on any atom is 0.127 e. The van der Waals surface area contributed by atoms with Crippen LogP contribution in [-0.2, 0) is 13.0 Å². The molecule has 0 aliphatic carbocycles. The summed E-state index contributed by atoms with van der Waals surface area (Å²) in [5.41, 5.74) is 2.73. The highest BCUT2D eigenvalue weighted by molar-refractivity contribution is 9.10. The Morgan fingerprint density at radius 2 is 2.20 bits per heavy atom. The Bertz CT molecular complexity index is 519. The number of fused-ring (bicyclic) bond motifs is 2. The maximum atomic E-state index is 5.85. The first kappa shape index (κ1) is 13.1. The van der Waals surface area contributed by atoms with E-state index in [9.17, 15) is 0 Å². The van der Waals surface area contributed by atoms with Gasteiger partial charge in [-0.15, -0.1) is 0 Å². The highest BCUT2D eigenvalue weighted by Crippen LogP contribution is 2.35. The molecule has 3 nitrogen and oxygen atoms in total. The Morgan fingerprint density at radius 1 is 1.30 bits per heavy atom. The number of ether oxygens (including phenoxy) is 1. The summed E-state index contributed by atoms with van der Waals surface area (Å²) in [4.78, 5) is 2.61. The van der Waals surface area contributed by atoms with Gasteiger partial charge in [0.15, 0.2) is 0 Å². The van der Waals surface area contributed by atoms with E-state index < -0.39 is 0 Å².